The maximum absolute atomic E-state index is 12.7. The van der Waals surface area contributed by atoms with Crippen molar-refractivity contribution in [2.75, 3.05) is 0 Å². The fraction of sp³-hybridized carbons (Fsp3) is 0.526. The molecule has 1 aliphatic carbocycles. The molecule has 3 atom stereocenters. The summed E-state index contributed by atoms with van der Waals surface area (Å²) in [4.78, 5) is 36.9. The first kappa shape index (κ1) is 17.4. The molecule has 0 radical (unpaired) electrons. The number of ether oxygens (including phenoxy) is 1. The Balaban J connectivity index is 2.41. The Morgan fingerprint density at radius 2 is 1.70 bits per heavy atom. The van der Waals surface area contributed by atoms with Gasteiger partial charge in [0.1, 0.15) is 17.2 Å². The van der Waals surface area contributed by atoms with Crippen LogP contribution in [0.25, 0.3) is 0 Å². The third kappa shape index (κ3) is 4.27. The van der Waals surface area contributed by atoms with Crippen LogP contribution in [0.5, 0.6) is 0 Å². The van der Waals surface area contributed by atoms with Crippen LogP contribution in [0.1, 0.15) is 52.0 Å². The van der Waals surface area contributed by atoms with Crippen molar-refractivity contribution < 1.29 is 19.1 Å². The monoisotopic (exact) mass is 316 g/mol. The largest absolute Gasteiger partial charge is 0.460 e. The van der Waals surface area contributed by atoms with Gasteiger partial charge in [-0.15, -0.1) is 0 Å². The van der Waals surface area contributed by atoms with Gasteiger partial charge in [0.15, 0.2) is 0 Å². The second kappa shape index (κ2) is 6.65. The maximum atomic E-state index is 12.7. The molecule has 1 fully saturated rings. The van der Waals surface area contributed by atoms with Crippen molar-refractivity contribution in [2.24, 2.45) is 11.8 Å². The van der Waals surface area contributed by atoms with Gasteiger partial charge < -0.3 is 4.74 Å². The third-order valence-electron chi connectivity index (χ3n) is 4.19. The van der Waals surface area contributed by atoms with Crippen molar-refractivity contribution in [3.63, 3.8) is 0 Å². The van der Waals surface area contributed by atoms with E-state index in [4.69, 9.17) is 4.74 Å². The molecule has 0 unspecified atom stereocenters. The predicted molar refractivity (Wildman–Crippen MR) is 86.9 cm³/mol. The summed E-state index contributed by atoms with van der Waals surface area (Å²) in [6, 6.07) is 9.45. The molecule has 2 rings (SSSR count). The lowest BCUT2D eigenvalue weighted by Gasteiger charge is -2.36. The van der Waals surface area contributed by atoms with Gasteiger partial charge in [-0.05, 0) is 33.3 Å². The number of rotatable bonds is 3. The Morgan fingerprint density at radius 1 is 1.09 bits per heavy atom. The molecule has 0 aromatic heterocycles. The Kier molecular flexibility index (Phi) is 5.03. The fourth-order valence-electron chi connectivity index (χ4n) is 3.23. The smallest absolute Gasteiger partial charge is 0.310 e. The molecular weight excluding hydrogens is 292 g/mol. The lowest BCUT2D eigenvalue weighted by molar-refractivity contribution is -0.166. The van der Waals surface area contributed by atoms with Gasteiger partial charge in [0.05, 0.1) is 5.92 Å². The number of ketones is 2. The minimum atomic E-state index is -0.624. The molecule has 1 aromatic rings. The molecule has 0 amide bonds. The first-order valence-corrected chi connectivity index (χ1v) is 7.99. The minimum absolute atomic E-state index is 0.0267. The van der Waals surface area contributed by atoms with E-state index in [1.54, 1.807) is 20.8 Å². The van der Waals surface area contributed by atoms with E-state index in [0.29, 0.717) is 0 Å². The SMILES string of the molecule is CC(=O)[C@H]1CC(=O)C[C@H](c2ccccc2)[C@@H]1C(=O)OC(C)(C)C. The molecule has 0 bridgehead atoms. The van der Waals surface area contributed by atoms with E-state index in [2.05, 4.69) is 0 Å². The predicted octanol–water partition coefficient (Wildman–Crippen LogP) is 3.30. The van der Waals surface area contributed by atoms with Crippen molar-refractivity contribution in [3.05, 3.63) is 35.9 Å². The maximum Gasteiger partial charge on any atom is 0.310 e. The average Bonchev–Trinajstić information content (AvgIpc) is 2.45. The van der Waals surface area contributed by atoms with Crippen LogP contribution in [0.3, 0.4) is 0 Å². The van der Waals surface area contributed by atoms with Crippen molar-refractivity contribution in [3.8, 4) is 0 Å². The summed E-state index contributed by atoms with van der Waals surface area (Å²) in [5.74, 6) is -2.00. The number of esters is 1. The van der Waals surface area contributed by atoms with Crippen LogP contribution < -0.4 is 0 Å². The van der Waals surface area contributed by atoms with Gasteiger partial charge >= 0.3 is 5.97 Å². The molecule has 1 saturated carbocycles. The molecule has 0 N–H and O–H groups in total. The van der Waals surface area contributed by atoms with Gasteiger partial charge in [0.25, 0.3) is 0 Å². The van der Waals surface area contributed by atoms with Crippen LogP contribution in [0, 0.1) is 11.8 Å². The normalized spacial score (nSPS) is 25.0. The van der Waals surface area contributed by atoms with Crippen molar-refractivity contribution in [1.29, 1.82) is 0 Å². The Hall–Kier alpha value is -1.97. The van der Waals surface area contributed by atoms with Crippen LogP contribution in [0.4, 0.5) is 0 Å². The summed E-state index contributed by atoms with van der Waals surface area (Å²) in [7, 11) is 0. The van der Waals surface area contributed by atoms with E-state index in [9.17, 15) is 14.4 Å². The number of hydrogen-bond acceptors (Lipinski definition) is 4. The number of benzene rings is 1. The zero-order valence-electron chi connectivity index (χ0n) is 14.2. The summed E-state index contributed by atoms with van der Waals surface area (Å²) in [6.07, 6.45) is 0.403. The average molecular weight is 316 g/mol. The standard InChI is InChI=1S/C19H24O4/c1-12(20)15-10-14(21)11-16(13-8-6-5-7-9-13)17(15)18(22)23-19(2,3)4/h5-9,15-17H,10-11H2,1-4H3/t15-,16-,17-/m1/s1. The van der Waals surface area contributed by atoms with Gasteiger partial charge in [0.2, 0.25) is 0 Å². The summed E-state index contributed by atoms with van der Waals surface area (Å²) in [5.41, 5.74) is 0.281. The Bertz CT molecular complexity index is 598. The quantitative estimate of drug-likeness (QED) is 0.803. The summed E-state index contributed by atoms with van der Waals surface area (Å²) >= 11 is 0. The van der Waals surface area contributed by atoms with Gasteiger partial charge in [-0.1, -0.05) is 30.3 Å². The van der Waals surface area contributed by atoms with E-state index < -0.39 is 17.4 Å². The van der Waals surface area contributed by atoms with Gasteiger partial charge in [-0.2, -0.15) is 0 Å². The van der Waals surface area contributed by atoms with Crippen molar-refractivity contribution in [1.82, 2.24) is 0 Å². The molecule has 1 aromatic carbocycles. The van der Waals surface area contributed by atoms with E-state index >= 15 is 0 Å². The molecule has 23 heavy (non-hydrogen) atoms. The van der Waals surface area contributed by atoms with Crippen LogP contribution in [0.15, 0.2) is 30.3 Å². The lowest BCUT2D eigenvalue weighted by atomic mass is 9.67. The van der Waals surface area contributed by atoms with E-state index in [1.807, 2.05) is 30.3 Å². The van der Waals surface area contributed by atoms with Crippen LogP contribution >= 0.6 is 0 Å². The van der Waals surface area contributed by atoms with Crippen LogP contribution in [0.2, 0.25) is 0 Å². The highest BCUT2D eigenvalue weighted by Crippen LogP contribution is 2.41. The first-order chi connectivity index (χ1) is 10.7. The summed E-state index contributed by atoms with van der Waals surface area (Å²) < 4.78 is 5.54. The Labute approximate surface area is 137 Å². The number of carbonyl (C=O) groups excluding carboxylic acids is 3. The molecule has 124 valence electrons. The fourth-order valence-corrected chi connectivity index (χ4v) is 3.23. The zero-order valence-corrected chi connectivity index (χ0v) is 14.2. The van der Waals surface area contributed by atoms with E-state index in [1.165, 1.54) is 6.92 Å². The number of hydrogen-bond donors (Lipinski definition) is 0. The molecule has 0 spiro atoms. The first-order valence-electron chi connectivity index (χ1n) is 7.99. The zero-order chi connectivity index (χ0) is 17.2. The highest BCUT2D eigenvalue weighted by atomic mass is 16.6. The van der Waals surface area contributed by atoms with Crippen molar-refractivity contribution in [2.45, 2.75) is 52.1 Å². The van der Waals surface area contributed by atoms with Gasteiger partial charge in [-0.25, -0.2) is 0 Å². The van der Waals surface area contributed by atoms with Crippen LogP contribution in [-0.4, -0.2) is 23.1 Å². The molecular formula is C19H24O4. The van der Waals surface area contributed by atoms with Gasteiger partial charge in [-0.3, -0.25) is 14.4 Å². The second-order valence-corrected chi connectivity index (χ2v) is 7.24. The molecule has 4 heteroatoms. The minimum Gasteiger partial charge on any atom is -0.460 e. The second-order valence-electron chi connectivity index (χ2n) is 7.24. The molecule has 4 nitrogen and oxygen atoms in total. The summed E-state index contributed by atoms with van der Waals surface area (Å²) in [5, 5.41) is 0. The summed E-state index contributed by atoms with van der Waals surface area (Å²) in [6.45, 7) is 6.86. The van der Waals surface area contributed by atoms with Crippen molar-refractivity contribution >= 4 is 17.5 Å². The van der Waals surface area contributed by atoms with Gasteiger partial charge in [0, 0.05) is 24.7 Å². The molecule has 0 heterocycles. The molecule has 0 saturated heterocycles. The highest BCUT2D eigenvalue weighted by molar-refractivity contribution is 5.93. The molecule has 0 aliphatic heterocycles. The lowest BCUT2D eigenvalue weighted by Crippen LogP contribution is -2.43. The van der Waals surface area contributed by atoms with E-state index in [0.717, 1.165) is 5.56 Å². The topological polar surface area (TPSA) is 60.4 Å². The number of carbonyl (C=O) groups is 3. The third-order valence-corrected chi connectivity index (χ3v) is 4.19. The highest BCUT2D eigenvalue weighted by Gasteiger charge is 2.45. The number of Topliss-reactive ketones (excluding diaryl/α,β-unsaturated/α-hetero) is 2. The van der Waals surface area contributed by atoms with Crippen LogP contribution in [-0.2, 0) is 19.1 Å². The molecule has 1 aliphatic rings. The Morgan fingerprint density at radius 3 is 2.22 bits per heavy atom. The van der Waals surface area contributed by atoms with E-state index in [-0.39, 0.29) is 36.3 Å².